The molecule has 1 atom stereocenters. The topological polar surface area (TPSA) is 61.1 Å². The maximum atomic E-state index is 10.3. The predicted octanol–water partition coefficient (Wildman–Crippen LogP) is 1.40. The zero-order valence-corrected chi connectivity index (χ0v) is 6.00. The van der Waals surface area contributed by atoms with E-state index in [4.69, 9.17) is 10.4 Å². The first-order valence-electron chi connectivity index (χ1n) is 3.32. The summed E-state index contributed by atoms with van der Waals surface area (Å²) < 4.78 is 0. The van der Waals surface area contributed by atoms with Crippen LogP contribution in [0.1, 0.15) is 26.2 Å². The van der Waals surface area contributed by atoms with Gasteiger partial charge in [-0.1, -0.05) is 13.3 Å². The van der Waals surface area contributed by atoms with Gasteiger partial charge in [-0.15, -0.1) is 0 Å². The van der Waals surface area contributed by atoms with Gasteiger partial charge in [-0.25, -0.2) is 0 Å². The molecular formula is C7H11NO2. The number of nitriles is 1. The minimum atomic E-state index is -0.858. The number of hydrogen-bond donors (Lipinski definition) is 1. The fourth-order valence-corrected chi connectivity index (χ4v) is 0.772. The van der Waals surface area contributed by atoms with Gasteiger partial charge >= 0.3 is 5.97 Å². The quantitative estimate of drug-likeness (QED) is 0.643. The molecule has 0 aromatic heterocycles. The molecule has 0 amide bonds. The summed E-state index contributed by atoms with van der Waals surface area (Å²) >= 11 is 0. The molecule has 0 rings (SSSR count). The van der Waals surface area contributed by atoms with Crippen molar-refractivity contribution in [2.24, 2.45) is 5.92 Å². The van der Waals surface area contributed by atoms with Gasteiger partial charge in [-0.3, -0.25) is 4.79 Å². The van der Waals surface area contributed by atoms with Crippen molar-refractivity contribution in [3.8, 4) is 6.07 Å². The number of nitrogens with zero attached hydrogens (tertiary/aromatic N) is 1. The van der Waals surface area contributed by atoms with Crippen LogP contribution >= 0.6 is 0 Å². The Labute approximate surface area is 60.3 Å². The Hall–Kier alpha value is -1.04. The lowest BCUT2D eigenvalue weighted by molar-refractivity contribution is -0.141. The molecule has 0 saturated heterocycles. The fraction of sp³-hybridized carbons (Fsp3) is 0.714. The standard InChI is InChI=1S/C7H11NO2/c1-2-3-6(4-5-8)7(9)10/h6H,2-4H2,1H3,(H,9,10)/t6-/m1/s1. The van der Waals surface area contributed by atoms with Gasteiger partial charge in [0.2, 0.25) is 0 Å². The van der Waals surface area contributed by atoms with E-state index in [1.165, 1.54) is 0 Å². The number of rotatable bonds is 4. The predicted molar refractivity (Wildman–Crippen MR) is 36.3 cm³/mol. The molecule has 0 aromatic rings. The fourth-order valence-electron chi connectivity index (χ4n) is 0.772. The molecule has 0 aliphatic heterocycles. The highest BCUT2D eigenvalue weighted by Crippen LogP contribution is 2.09. The molecule has 0 fully saturated rings. The molecule has 0 bridgehead atoms. The third-order valence-corrected chi connectivity index (χ3v) is 1.32. The summed E-state index contributed by atoms with van der Waals surface area (Å²) in [6, 6.07) is 1.85. The average molecular weight is 141 g/mol. The molecular weight excluding hydrogens is 130 g/mol. The maximum absolute atomic E-state index is 10.3. The van der Waals surface area contributed by atoms with Crippen molar-refractivity contribution in [2.45, 2.75) is 26.2 Å². The third kappa shape index (κ3) is 3.08. The van der Waals surface area contributed by atoms with Crippen molar-refractivity contribution in [3.63, 3.8) is 0 Å². The Bertz CT molecular complexity index is 148. The molecule has 3 heteroatoms. The van der Waals surface area contributed by atoms with Gasteiger partial charge in [0.25, 0.3) is 0 Å². The summed E-state index contributed by atoms with van der Waals surface area (Å²) in [5.74, 6) is -1.32. The van der Waals surface area contributed by atoms with E-state index in [-0.39, 0.29) is 6.42 Å². The number of carbonyl (C=O) groups is 1. The molecule has 0 aliphatic rings. The van der Waals surface area contributed by atoms with Crippen molar-refractivity contribution in [1.82, 2.24) is 0 Å². The van der Waals surface area contributed by atoms with E-state index < -0.39 is 11.9 Å². The minimum Gasteiger partial charge on any atom is -0.481 e. The molecule has 0 unspecified atom stereocenters. The van der Waals surface area contributed by atoms with Gasteiger partial charge in [-0.05, 0) is 6.42 Å². The summed E-state index contributed by atoms with van der Waals surface area (Å²) in [5.41, 5.74) is 0. The molecule has 0 spiro atoms. The van der Waals surface area contributed by atoms with Crippen molar-refractivity contribution >= 4 is 5.97 Å². The summed E-state index contributed by atoms with van der Waals surface area (Å²) in [4.78, 5) is 10.3. The molecule has 10 heavy (non-hydrogen) atoms. The zero-order valence-electron chi connectivity index (χ0n) is 6.00. The minimum absolute atomic E-state index is 0.128. The second-order valence-corrected chi connectivity index (χ2v) is 2.19. The van der Waals surface area contributed by atoms with Crippen LogP contribution in [0.3, 0.4) is 0 Å². The van der Waals surface area contributed by atoms with Crippen LogP contribution in [0, 0.1) is 17.2 Å². The van der Waals surface area contributed by atoms with Gasteiger partial charge in [0, 0.05) is 6.42 Å². The lowest BCUT2D eigenvalue weighted by Crippen LogP contribution is -2.12. The lowest BCUT2D eigenvalue weighted by Gasteiger charge is -2.03. The molecule has 56 valence electrons. The van der Waals surface area contributed by atoms with Crippen molar-refractivity contribution < 1.29 is 9.90 Å². The Morgan fingerprint density at radius 2 is 2.40 bits per heavy atom. The lowest BCUT2D eigenvalue weighted by atomic mass is 10.0. The van der Waals surface area contributed by atoms with Gasteiger partial charge in [0.05, 0.1) is 12.0 Å². The van der Waals surface area contributed by atoms with Crippen LogP contribution in [0.25, 0.3) is 0 Å². The van der Waals surface area contributed by atoms with E-state index in [0.717, 1.165) is 6.42 Å². The Balaban J connectivity index is 3.75. The number of aliphatic carboxylic acids is 1. The van der Waals surface area contributed by atoms with Crippen LogP contribution in [0.15, 0.2) is 0 Å². The molecule has 0 aliphatic carbocycles. The van der Waals surface area contributed by atoms with E-state index in [1.807, 2.05) is 13.0 Å². The van der Waals surface area contributed by atoms with Gasteiger partial charge in [-0.2, -0.15) is 5.26 Å². The van der Waals surface area contributed by atoms with E-state index in [9.17, 15) is 4.79 Å². The van der Waals surface area contributed by atoms with E-state index in [2.05, 4.69) is 0 Å². The first-order chi connectivity index (χ1) is 4.72. The molecule has 0 aromatic carbocycles. The van der Waals surface area contributed by atoms with Gasteiger partial charge in [0.1, 0.15) is 0 Å². The number of carboxylic acid groups (broad SMARTS) is 1. The first kappa shape index (κ1) is 8.96. The molecule has 0 radical (unpaired) electrons. The van der Waals surface area contributed by atoms with Crippen LogP contribution in [0.5, 0.6) is 0 Å². The van der Waals surface area contributed by atoms with Crippen LogP contribution < -0.4 is 0 Å². The highest BCUT2D eigenvalue weighted by Gasteiger charge is 2.14. The second-order valence-electron chi connectivity index (χ2n) is 2.19. The summed E-state index contributed by atoms with van der Waals surface area (Å²) in [5, 5.41) is 16.7. The Morgan fingerprint density at radius 3 is 2.70 bits per heavy atom. The van der Waals surface area contributed by atoms with Crippen LogP contribution in [-0.2, 0) is 4.79 Å². The largest absolute Gasteiger partial charge is 0.481 e. The first-order valence-corrected chi connectivity index (χ1v) is 3.32. The summed E-state index contributed by atoms with van der Waals surface area (Å²) in [7, 11) is 0. The van der Waals surface area contributed by atoms with E-state index in [1.54, 1.807) is 0 Å². The molecule has 3 nitrogen and oxygen atoms in total. The normalized spacial score (nSPS) is 12.0. The molecule has 0 heterocycles. The summed E-state index contributed by atoms with van der Waals surface area (Å²) in [6.07, 6.45) is 1.55. The second kappa shape index (κ2) is 4.80. The molecule has 1 N–H and O–H groups in total. The highest BCUT2D eigenvalue weighted by molar-refractivity contribution is 5.70. The monoisotopic (exact) mass is 141 g/mol. The van der Waals surface area contributed by atoms with E-state index in [0.29, 0.717) is 6.42 Å². The van der Waals surface area contributed by atoms with Gasteiger partial charge < -0.3 is 5.11 Å². The SMILES string of the molecule is CCC[C@H](CC#N)C(=O)O. The summed E-state index contributed by atoms with van der Waals surface area (Å²) in [6.45, 7) is 1.91. The van der Waals surface area contributed by atoms with E-state index >= 15 is 0 Å². The zero-order chi connectivity index (χ0) is 7.98. The maximum Gasteiger partial charge on any atom is 0.307 e. The molecule has 0 saturated carbocycles. The van der Waals surface area contributed by atoms with Crippen molar-refractivity contribution in [1.29, 1.82) is 5.26 Å². The van der Waals surface area contributed by atoms with Crippen molar-refractivity contribution in [2.75, 3.05) is 0 Å². The smallest absolute Gasteiger partial charge is 0.307 e. The third-order valence-electron chi connectivity index (χ3n) is 1.32. The van der Waals surface area contributed by atoms with Crippen molar-refractivity contribution in [3.05, 3.63) is 0 Å². The van der Waals surface area contributed by atoms with Crippen LogP contribution in [0.2, 0.25) is 0 Å². The average Bonchev–Trinajstić information content (AvgIpc) is 1.87. The van der Waals surface area contributed by atoms with Crippen LogP contribution in [-0.4, -0.2) is 11.1 Å². The van der Waals surface area contributed by atoms with Crippen LogP contribution in [0.4, 0.5) is 0 Å². The number of carboxylic acids is 1. The number of hydrogen-bond acceptors (Lipinski definition) is 2. The highest BCUT2D eigenvalue weighted by atomic mass is 16.4. The Morgan fingerprint density at radius 1 is 1.80 bits per heavy atom. The van der Waals surface area contributed by atoms with Gasteiger partial charge in [0.15, 0.2) is 0 Å². The Kier molecular flexibility index (Phi) is 4.30.